The zero-order valence-corrected chi connectivity index (χ0v) is 12.6. The number of para-hydroxylation sites is 2. The molecule has 0 aliphatic heterocycles. The number of phenolic OH excluding ortho intramolecular Hbond substituents is 1. The molecule has 0 fully saturated rings. The van der Waals surface area contributed by atoms with Crippen LogP contribution in [-0.4, -0.2) is 16.0 Å². The molecule has 0 saturated heterocycles. The molecule has 2 rings (SSSR count). The molecule has 0 saturated carbocycles. The molecule has 1 N–H and O–H groups in total. The van der Waals surface area contributed by atoms with Crippen LogP contribution in [0.25, 0.3) is 0 Å². The summed E-state index contributed by atoms with van der Waals surface area (Å²) in [4.78, 5) is 18.6. The zero-order valence-electron chi connectivity index (χ0n) is 12.6. The second kappa shape index (κ2) is 5.95. The Kier molecular flexibility index (Phi) is 4.26. The fraction of sp³-hybridized carbons (Fsp3) is 0.294. The summed E-state index contributed by atoms with van der Waals surface area (Å²) in [6, 6.07) is 12.4. The number of rotatable bonds is 3. The second-order valence-electron chi connectivity index (χ2n) is 5.95. The normalized spacial score (nSPS) is 11.2. The molecular weight excluding hydrogens is 264 g/mol. The third-order valence-corrected chi connectivity index (χ3v) is 3.11. The van der Waals surface area contributed by atoms with Gasteiger partial charge in [-0.2, -0.15) is 0 Å². The summed E-state index contributed by atoms with van der Waals surface area (Å²) < 4.78 is 0. The van der Waals surface area contributed by atoms with Crippen LogP contribution in [0.15, 0.2) is 48.7 Å². The van der Waals surface area contributed by atoms with E-state index in [0.717, 1.165) is 5.69 Å². The summed E-state index contributed by atoms with van der Waals surface area (Å²) in [6.45, 7) is 5.91. The molecule has 1 aromatic heterocycles. The Morgan fingerprint density at radius 1 is 1.14 bits per heavy atom. The summed E-state index contributed by atoms with van der Waals surface area (Å²) in [6.07, 6.45) is 1.69. The Hall–Kier alpha value is -2.36. The lowest BCUT2D eigenvalue weighted by Gasteiger charge is -2.29. The van der Waals surface area contributed by atoms with Crippen LogP contribution in [0.5, 0.6) is 5.75 Å². The molecule has 0 spiro atoms. The minimum atomic E-state index is -0.545. The Balaban J connectivity index is 2.40. The molecular formula is C17H20N2O2. The van der Waals surface area contributed by atoms with Crippen LogP contribution in [0.1, 0.15) is 26.5 Å². The van der Waals surface area contributed by atoms with Gasteiger partial charge in [-0.25, -0.2) is 0 Å². The monoisotopic (exact) mass is 284 g/mol. The van der Waals surface area contributed by atoms with E-state index >= 15 is 0 Å². The predicted octanol–water partition coefficient (Wildman–Crippen LogP) is 3.37. The van der Waals surface area contributed by atoms with Crippen LogP contribution in [-0.2, 0) is 11.3 Å². The van der Waals surface area contributed by atoms with Gasteiger partial charge in [0.1, 0.15) is 5.75 Å². The van der Waals surface area contributed by atoms with Gasteiger partial charge < -0.3 is 10.0 Å². The molecule has 0 aliphatic rings. The first kappa shape index (κ1) is 15.0. The fourth-order valence-corrected chi connectivity index (χ4v) is 2.02. The predicted molar refractivity (Wildman–Crippen MR) is 83.0 cm³/mol. The van der Waals surface area contributed by atoms with Gasteiger partial charge in [0.2, 0.25) is 5.91 Å². The number of anilines is 1. The standard InChI is InChI=1S/C17H20N2O2/c1-17(2,3)16(21)19(12-13-8-6-7-11-18-13)14-9-4-5-10-15(14)20/h4-11,20H,12H2,1-3H3. The molecule has 1 heterocycles. The first-order valence-corrected chi connectivity index (χ1v) is 6.89. The van der Waals surface area contributed by atoms with Gasteiger partial charge in [0.05, 0.1) is 17.9 Å². The van der Waals surface area contributed by atoms with E-state index in [-0.39, 0.29) is 11.7 Å². The van der Waals surface area contributed by atoms with Crippen molar-refractivity contribution in [3.8, 4) is 5.75 Å². The number of hydrogen-bond donors (Lipinski definition) is 1. The largest absolute Gasteiger partial charge is 0.506 e. The van der Waals surface area contributed by atoms with Crippen LogP contribution < -0.4 is 4.90 Å². The lowest BCUT2D eigenvalue weighted by Crippen LogP contribution is -2.39. The molecule has 0 radical (unpaired) electrons. The minimum Gasteiger partial charge on any atom is -0.506 e. The Bertz CT molecular complexity index is 618. The number of nitrogens with zero attached hydrogens (tertiary/aromatic N) is 2. The van der Waals surface area contributed by atoms with Crippen molar-refractivity contribution in [1.29, 1.82) is 0 Å². The van der Waals surface area contributed by atoms with Crippen molar-refractivity contribution in [3.63, 3.8) is 0 Å². The van der Waals surface area contributed by atoms with Gasteiger partial charge in [-0.05, 0) is 24.3 Å². The van der Waals surface area contributed by atoms with Gasteiger partial charge >= 0.3 is 0 Å². The topological polar surface area (TPSA) is 53.4 Å². The van der Waals surface area contributed by atoms with Gasteiger partial charge in [0.25, 0.3) is 0 Å². The van der Waals surface area contributed by atoms with Crippen molar-refractivity contribution in [2.24, 2.45) is 5.41 Å². The number of pyridine rings is 1. The third kappa shape index (κ3) is 3.60. The van der Waals surface area contributed by atoms with E-state index in [2.05, 4.69) is 4.98 Å². The summed E-state index contributed by atoms with van der Waals surface area (Å²) in [7, 11) is 0. The van der Waals surface area contributed by atoms with Gasteiger partial charge in [-0.1, -0.05) is 39.0 Å². The number of carbonyl (C=O) groups excluding carboxylic acids is 1. The molecule has 4 nitrogen and oxygen atoms in total. The SMILES string of the molecule is CC(C)(C)C(=O)N(Cc1ccccn1)c1ccccc1O. The van der Waals surface area contributed by atoms with Crippen LogP contribution in [0.3, 0.4) is 0 Å². The molecule has 2 aromatic rings. The van der Waals surface area contributed by atoms with Gasteiger partial charge in [0, 0.05) is 11.6 Å². The van der Waals surface area contributed by atoms with Crippen LogP contribution in [0, 0.1) is 5.41 Å². The van der Waals surface area contributed by atoms with Crippen molar-refractivity contribution in [3.05, 3.63) is 54.4 Å². The highest BCUT2D eigenvalue weighted by Gasteiger charge is 2.29. The van der Waals surface area contributed by atoms with E-state index in [1.807, 2.05) is 39.0 Å². The summed E-state index contributed by atoms with van der Waals surface area (Å²) in [5, 5.41) is 10.1. The maximum Gasteiger partial charge on any atom is 0.232 e. The number of carbonyl (C=O) groups is 1. The first-order valence-electron chi connectivity index (χ1n) is 6.89. The molecule has 1 aromatic carbocycles. The van der Waals surface area contributed by atoms with E-state index < -0.39 is 5.41 Å². The Labute approximate surface area is 125 Å². The minimum absolute atomic E-state index is 0.0605. The Morgan fingerprint density at radius 3 is 2.38 bits per heavy atom. The van der Waals surface area contributed by atoms with Crippen LogP contribution in [0.2, 0.25) is 0 Å². The quantitative estimate of drug-likeness (QED) is 0.940. The lowest BCUT2D eigenvalue weighted by molar-refractivity contribution is -0.125. The number of aromatic nitrogens is 1. The smallest absolute Gasteiger partial charge is 0.232 e. The van der Waals surface area contributed by atoms with Gasteiger partial charge in [0.15, 0.2) is 0 Å². The Morgan fingerprint density at radius 2 is 1.81 bits per heavy atom. The average Bonchev–Trinajstić information content (AvgIpc) is 2.45. The molecule has 4 heteroatoms. The number of aromatic hydroxyl groups is 1. The molecule has 0 unspecified atom stereocenters. The van der Waals surface area contributed by atoms with Crippen LogP contribution >= 0.6 is 0 Å². The molecule has 0 aliphatic carbocycles. The molecule has 110 valence electrons. The summed E-state index contributed by atoms with van der Waals surface area (Å²) >= 11 is 0. The molecule has 0 atom stereocenters. The number of amides is 1. The van der Waals surface area contributed by atoms with Crippen molar-refractivity contribution in [2.45, 2.75) is 27.3 Å². The number of benzene rings is 1. The second-order valence-corrected chi connectivity index (χ2v) is 5.95. The van der Waals surface area contributed by atoms with E-state index in [0.29, 0.717) is 12.2 Å². The van der Waals surface area contributed by atoms with Gasteiger partial charge in [-0.15, -0.1) is 0 Å². The first-order chi connectivity index (χ1) is 9.89. The molecule has 1 amide bonds. The van der Waals surface area contributed by atoms with E-state index in [1.165, 1.54) is 0 Å². The van der Waals surface area contributed by atoms with E-state index in [1.54, 1.807) is 35.4 Å². The van der Waals surface area contributed by atoms with Crippen molar-refractivity contribution >= 4 is 11.6 Å². The maximum absolute atomic E-state index is 12.7. The van der Waals surface area contributed by atoms with Crippen molar-refractivity contribution in [2.75, 3.05) is 4.90 Å². The van der Waals surface area contributed by atoms with E-state index in [4.69, 9.17) is 0 Å². The van der Waals surface area contributed by atoms with Crippen LogP contribution in [0.4, 0.5) is 5.69 Å². The van der Waals surface area contributed by atoms with Crippen molar-refractivity contribution in [1.82, 2.24) is 4.98 Å². The lowest BCUT2D eigenvalue weighted by atomic mass is 9.94. The zero-order chi connectivity index (χ0) is 15.5. The fourth-order valence-electron chi connectivity index (χ4n) is 2.02. The van der Waals surface area contributed by atoms with Crippen molar-refractivity contribution < 1.29 is 9.90 Å². The highest BCUT2D eigenvalue weighted by Crippen LogP contribution is 2.31. The molecule has 0 bridgehead atoms. The van der Waals surface area contributed by atoms with E-state index in [9.17, 15) is 9.90 Å². The number of hydrogen-bond acceptors (Lipinski definition) is 3. The van der Waals surface area contributed by atoms with Gasteiger partial charge in [-0.3, -0.25) is 9.78 Å². The molecule has 21 heavy (non-hydrogen) atoms. The highest BCUT2D eigenvalue weighted by atomic mass is 16.3. The average molecular weight is 284 g/mol. The number of phenols is 1. The summed E-state index contributed by atoms with van der Waals surface area (Å²) in [5.41, 5.74) is 0.735. The highest BCUT2D eigenvalue weighted by molar-refractivity contribution is 5.97. The third-order valence-electron chi connectivity index (χ3n) is 3.11. The summed E-state index contributed by atoms with van der Waals surface area (Å²) in [5.74, 6) is 0.0284. The maximum atomic E-state index is 12.7.